The molecule has 126 valence electrons. The number of likely N-dealkylation sites (N-methyl/N-ethyl adjacent to an activating group) is 1. The van der Waals surface area contributed by atoms with E-state index in [1.807, 2.05) is 60.4 Å². The Labute approximate surface area is 143 Å². The first-order chi connectivity index (χ1) is 11.8. The summed E-state index contributed by atoms with van der Waals surface area (Å²) < 4.78 is 5.88. The van der Waals surface area contributed by atoms with E-state index in [1.54, 1.807) is 0 Å². The Balaban J connectivity index is 1.63. The van der Waals surface area contributed by atoms with Crippen LogP contribution in [0.25, 0.3) is 0 Å². The smallest absolute Gasteiger partial charge is 0.241 e. The molecule has 1 heterocycles. The third-order valence-corrected chi connectivity index (χ3v) is 4.37. The van der Waals surface area contributed by atoms with E-state index in [0.29, 0.717) is 19.7 Å². The summed E-state index contributed by atoms with van der Waals surface area (Å²) in [4.78, 5) is 16.8. The zero-order chi connectivity index (χ0) is 16.8. The van der Waals surface area contributed by atoms with Crippen molar-refractivity contribution in [3.8, 4) is 0 Å². The van der Waals surface area contributed by atoms with E-state index in [2.05, 4.69) is 17.0 Å². The van der Waals surface area contributed by atoms with E-state index in [0.717, 1.165) is 18.8 Å². The highest BCUT2D eigenvalue weighted by molar-refractivity contribution is 5.94. The molecule has 4 nitrogen and oxygen atoms in total. The van der Waals surface area contributed by atoms with Crippen molar-refractivity contribution >= 4 is 11.6 Å². The Morgan fingerprint density at radius 2 is 1.79 bits per heavy atom. The summed E-state index contributed by atoms with van der Waals surface area (Å²) in [5.41, 5.74) is 2.13. The standard InChI is InChI=1S/C20H24N2O2/c1-2-22(18-11-7-4-8-12-18)20(23)16-21-13-14-24-19(15-21)17-9-5-3-6-10-17/h3-12,19H,2,13-16H2,1H3. The minimum absolute atomic E-state index is 0.0413. The second-order valence-corrected chi connectivity index (χ2v) is 5.98. The van der Waals surface area contributed by atoms with Crippen molar-refractivity contribution in [2.75, 3.05) is 37.7 Å². The Hall–Kier alpha value is -2.17. The molecule has 4 heteroatoms. The average Bonchev–Trinajstić information content (AvgIpc) is 2.64. The molecule has 0 N–H and O–H groups in total. The Morgan fingerprint density at radius 1 is 1.12 bits per heavy atom. The van der Waals surface area contributed by atoms with E-state index >= 15 is 0 Å². The minimum Gasteiger partial charge on any atom is -0.371 e. The monoisotopic (exact) mass is 324 g/mol. The lowest BCUT2D eigenvalue weighted by molar-refractivity contribution is -0.121. The van der Waals surface area contributed by atoms with Crippen LogP contribution >= 0.6 is 0 Å². The number of hydrogen-bond acceptors (Lipinski definition) is 3. The van der Waals surface area contributed by atoms with Gasteiger partial charge in [0.2, 0.25) is 5.91 Å². The van der Waals surface area contributed by atoms with Crippen LogP contribution < -0.4 is 4.90 Å². The lowest BCUT2D eigenvalue weighted by Crippen LogP contribution is -2.45. The number of para-hydroxylation sites is 1. The van der Waals surface area contributed by atoms with E-state index < -0.39 is 0 Å². The molecule has 0 aliphatic carbocycles. The topological polar surface area (TPSA) is 32.8 Å². The van der Waals surface area contributed by atoms with Gasteiger partial charge in [0.05, 0.1) is 19.3 Å². The molecule has 0 spiro atoms. The molecule has 24 heavy (non-hydrogen) atoms. The van der Waals surface area contributed by atoms with Crippen molar-refractivity contribution in [1.29, 1.82) is 0 Å². The number of morpholine rings is 1. The summed E-state index contributed by atoms with van der Waals surface area (Å²) in [6, 6.07) is 20.1. The summed E-state index contributed by atoms with van der Waals surface area (Å²) in [7, 11) is 0. The number of hydrogen-bond donors (Lipinski definition) is 0. The van der Waals surface area contributed by atoms with Gasteiger partial charge in [-0.2, -0.15) is 0 Å². The van der Waals surface area contributed by atoms with E-state index in [4.69, 9.17) is 4.74 Å². The van der Waals surface area contributed by atoms with Crippen LogP contribution in [0.1, 0.15) is 18.6 Å². The van der Waals surface area contributed by atoms with E-state index in [9.17, 15) is 4.79 Å². The highest BCUT2D eigenvalue weighted by Crippen LogP contribution is 2.22. The molecule has 0 bridgehead atoms. The average molecular weight is 324 g/mol. The van der Waals surface area contributed by atoms with Crippen LogP contribution in [0.3, 0.4) is 0 Å². The van der Waals surface area contributed by atoms with Crippen molar-refractivity contribution in [2.45, 2.75) is 13.0 Å². The summed E-state index contributed by atoms with van der Waals surface area (Å²) in [6.45, 7) is 5.32. The van der Waals surface area contributed by atoms with Gasteiger partial charge in [-0.3, -0.25) is 9.69 Å². The normalized spacial score (nSPS) is 18.3. The van der Waals surface area contributed by atoms with Crippen LogP contribution in [0.2, 0.25) is 0 Å². The van der Waals surface area contributed by atoms with Gasteiger partial charge in [0.15, 0.2) is 0 Å². The first-order valence-corrected chi connectivity index (χ1v) is 8.52. The maximum atomic E-state index is 12.7. The third kappa shape index (κ3) is 4.02. The lowest BCUT2D eigenvalue weighted by Gasteiger charge is -2.34. The summed E-state index contributed by atoms with van der Waals surface area (Å²) in [5.74, 6) is 0.136. The van der Waals surface area contributed by atoms with Crippen molar-refractivity contribution in [3.05, 3.63) is 66.2 Å². The van der Waals surface area contributed by atoms with Crippen LogP contribution in [-0.2, 0) is 9.53 Å². The van der Waals surface area contributed by atoms with Gasteiger partial charge < -0.3 is 9.64 Å². The molecule has 1 fully saturated rings. The van der Waals surface area contributed by atoms with E-state index in [1.165, 1.54) is 5.56 Å². The number of carbonyl (C=O) groups excluding carboxylic acids is 1. The molecule has 2 aromatic rings. The Bertz CT molecular complexity index is 645. The summed E-state index contributed by atoms with van der Waals surface area (Å²) in [5, 5.41) is 0. The molecular formula is C20H24N2O2. The Morgan fingerprint density at radius 3 is 2.46 bits per heavy atom. The maximum absolute atomic E-state index is 12.7. The molecule has 0 radical (unpaired) electrons. The molecular weight excluding hydrogens is 300 g/mol. The number of benzene rings is 2. The molecule has 0 aromatic heterocycles. The fourth-order valence-corrected chi connectivity index (χ4v) is 3.10. The summed E-state index contributed by atoms with van der Waals surface area (Å²) >= 11 is 0. The van der Waals surface area contributed by atoms with Crippen LogP contribution in [0.15, 0.2) is 60.7 Å². The fourth-order valence-electron chi connectivity index (χ4n) is 3.10. The first kappa shape index (κ1) is 16.7. The molecule has 1 unspecified atom stereocenters. The second kappa shape index (κ2) is 8.08. The number of nitrogens with zero attached hydrogens (tertiary/aromatic N) is 2. The van der Waals surface area contributed by atoms with Gasteiger partial charge in [-0.25, -0.2) is 0 Å². The third-order valence-electron chi connectivity index (χ3n) is 4.37. The largest absolute Gasteiger partial charge is 0.371 e. The van der Waals surface area contributed by atoms with Crippen LogP contribution in [0.5, 0.6) is 0 Å². The predicted octanol–water partition coefficient (Wildman–Crippen LogP) is 3.11. The van der Waals surface area contributed by atoms with Crippen molar-refractivity contribution < 1.29 is 9.53 Å². The summed E-state index contributed by atoms with van der Waals surface area (Å²) in [6.07, 6.45) is 0.0413. The molecule has 1 atom stereocenters. The minimum atomic E-state index is 0.0413. The number of rotatable bonds is 5. The van der Waals surface area contributed by atoms with Gasteiger partial charge >= 0.3 is 0 Å². The molecule has 0 saturated carbocycles. The molecule has 2 aromatic carbocycles. The molecule has 1 saturated heterocycles. The molecule has 1 aliphatic heterocycles. The first-order valence-electron chi connectivity index (χ1n) is 8.52. The SMILES string of the molecule is CCN(C(=O)CN1CCOC(c2ccccc2)C1)c1ccccc1. The molecule has 1 aliphatic rings. The van der Waals surface area contributed by atoms with Gasteiger partial charge in [0.1, 0.15) is 0 Å². The highest BCUT2D eigenvalue weighted by atomic mass is 16.5. The van der Waals surface area contributed by atoms with Crippen molar-refractivity contribution in [1.82, 2.24) is 4.90 Å². The highest BCUT2D eigenvalue weighted by Gasteiger charge is 2.25. The van der Waals surface area contributed by atoms with Crippen molar-refractivity contribution in [3.63, 3.8) is 0 Å². The van der Waals surface area contributed by atoms with Crippen LogP contribution in [0.4, 0.5) is 5.69 Å². The van der Waals surface area contributed by atoms with Gasteiger partial charge in [-0.05, 0) is 24.6 Å². The molecule has 3 rings (SSSR count). The van der Waals surface area contributed by atoms with Crippen LogP contribution in [-0.4, -0.2) is 43.6 Å². The lowest BCUT2D eigenvalue weighted by atomic mass is 10.1. The fraction of sp³-hybridized carbons (Fsp3) is 0.350. The van der Waals surface area contributed by atoms with Gasteiger partial charge in [0, 0.05) is 25.3 Å². The van der Waals surface area contributed by atoms with Crippen LogP contribution in [0, 0.1) is 0 Å². The molecule has 1 amide bonds. The number of carbonyl (C=O) groups is 1. The number of anilines is 1. The van der Waals surface area contributed by atoms with E-state index in [-0.39, 0.29) is 12.0 Å². The quantitative estimate of drug-likeness (QED) is 0.847. The second-order valence-electron chi connectivity index (χ2n) is 5.98. The van der Waals surface area contributed by atoms with Crippen molar-refractivity contribution in [2.24, 2.45) is 0 Å². The predicted molar refractivity (Wildman–Crippen MR) is 96.0 cm³/mol. The van der Waals surface area contributed by atoms with Gasteiger partial charge in [-0.1, -0.05) is 48.5 Å². The zero-order valence-electron chi connectivity index (χ0n) is 14.1. The zero-order valence-corrected chi connectivity index (χ0v) is 14.1. The number of ether oxygens (including phenoxy) is 1. The van der Waals surface area contributed by atoms with Gasteiger partial charge in [-0.15, -0.1) is 0 Å². The Kier molecular flexibility index (Phi) is 5.62. The van der Waals surface area contributed by atoms with Gasteiger partial charge in [0.25, 0.3) is 0 Å². The maximum Gasteiger partial charge on any atom is 0.241 e. The number of amides is 1.